The average molecular weight is 284 g/mol. The molecule has 1 heterocycles. The minimum atomic E-state index is 0.993. The number of para-hydroxylation sites is 1. The van der Waals surface area contributed by atoms with Gasteiger partial charge in [0.05, 0.1) is 0 Å². The minimum absolute atomic E-state index is 0.993. The lowest BCUT2D eigenvalue weighted by atomic mass is 10.2. The van der Waals surface area contributed by atoms with Crippen molar-refractivity contribution in [2.75, 3.05) is 4.72 Å². The van der Waals surface area contributed by atoms with Crippen molar-refractivity contribution in [1.82, 2.24) is 4.98 Å². The monoisotopic (exact) mass is 284 g/mol. The van der Waals surface area contributed by atoms with Crippen LogP contribution in [0.4, 0.5) is 5.69 Å². The van der Waals surface area contributed by atoms with Gasteiger partial charge in [-0.15, -0.1) is 11.3 Å². The Kier molecular flexibility index (Phi) is 3.81. The van der Waals surface area contributed by atoms with Crippen molar-refractivity contribution in [3.8, 4) is 10.6 Å². The maximum Gasteiger partial charge on any atom is 0.128 e. The molecule has 3 rings (SSSR count). The summed E-state index contributed by atoms with van der Waals surface area (Å²) in [6.07, 6.45) is 0. The van der Waals surface area contributed by atoms with Crippen LogP contribution in [0, 0.1) is 0 Å². The van der Waals surface area contributed by atoms with Gasteiger partial charge in [-0.05, 0) is 12.1 Å². The fraction of sp³-hybridized carbons (Fsp3) is 0. The summed E-state index contributed by atoms with van der Waals surface area (Å²) in [4.78, 5) is 4.61. The number of rotatable bonds is 4. The van der Waals surface area contributed by atoms with E-state index in [2.05, 4.69) is 27.2 Å². The first-order valence-corrected chi connectivity index (χ1v) is 7.60. The molecule has 0 saturated heterocycles. The summed E-state index contributed by atoms with van der Waals surface area (Å²) >= 11 is 3.20. The molecule has 3 aromatic rings. The Hall–Kier alpha value is -1.78. The van der Waals surface area contributed by atoms with Crippen molar-refractivity contribution in [3.05, 3.63) is 66.0 Å². The van der Waals surface area contributed by atoms with E-state index in [1.165, 1.54) is 17.5 Å². The summed E-state index contributed by atoms with van der Waals surface area (Å²) in [6, 6.07) is 20.4. The van der Waals surface area contributed by atoms with Crippen LogP contribution in [-0.4, -0.2) is 4.98 Å². The molecule has 0 aliphatic heterocycles. The average Bonchev–Trinajstić information content (AvgIpc) is 2.96. The third-order valence-electron chi connectivity index (χ3n) is 2.55. The minimum Gasteiger partial charge on any atom is -0.324 e. The third kappa shape index (κ3) is 3.16. The van der Waals surface area contributed by atoms with Crippen molar-refractivity contribution in [3.63, 3.8) is 0 Å². The standard InChI is InChI=1S/C15H12N2S2/c1-3-7-12(8-4-1)15-16-14(11-18-15)19-17-13-9-5-2-6-10-13/h1-11,17H. The van der Waals surface area contributed by atoms with Crippen LogP contribution in [0.2, 0.25) is 0 Å². The summed E-state index contributed by atoms with van der Waals surface area (Å²) in [5.74, 6) is 0. The van der Waals surface area contributed by atoms with Crippen LogP contribution in [0.1, 0.15) is 0 Å². The van der Waals surface area contributed by atoms with E-state index in [0.29, 0.717) is 0 Å². The zero-order valence-corrected chi connectivity index (χ0v) is 11.7. The Morgan fingerprint density at radius 1 is 0.895 bits per heavy atom. The highest BCUT2D eigenvalue weighted by Crippen LogP contribution is 2.28. The first-order chi connectivity index (χ1) is 9.42. The van der Waals surface area contributed by atoms with Crippen molar-refractivity contribution in [2.45, 2.75) is 5.03 Å². The maximum atomic E-state index is 4.61. The summed E-state index contributed by atoms with van der Waals surface area (Å²) in [7, 11) is 0. The molecule has 0 aliphatic carbocycles. The molecule has 0 aliphatic rings. The van der Waals surface area contributed by atoms with E-state index < -0.39 is 0 Å². The molecule has 0 amide bonds. The molecule has 0 fully saturated rings. The molecular weight excluding hydrogens is 272 g/mol. The number of anilines is 1. The van der Waals surface area contributed by atoms with E-state index in [0.717, 1.165) is 15.7 Å². The van der Waals surface area contributed by atoms with E-state index in [1.54, 1.807) is 11.3 Å². The van der Waals surface area contributed by atoms with Crippen molar-refractivity contribution >= 4 is 29.0 Å². The maximum absolute atomic E-state index is 4.61. The van der Waals surface area contributed by atoms with Crippen molar-refractivity contribution in [1.29, 1.82) is 0 Å². The quantitative estimate of drug-likeness (QED) is 0.688. The highest BCUT2D eigenvalue weighted by atomic mass is 32.2. The second-order valence-electron chi connectivity index (χ2n) is 3.93. The molecule has 0 saturated carbocycles. The van der Waals surface area contributed by atoms with Gasteiger partial charge in [-0.2, -0.15) is 0 Å². The molecule has 0 unspecified atom stereocenters. The van der Waals surface area contributed by atoms with Gasteiger partial charge in [0, 0.05) is 28.6 Å². The Labute approximate surface area is 120 Å². The van der Waals surface area contributed by atoms with Gasteiger partial charge in [-0.3, -0.25) is 0 Å². The van der Waals surface area contributed by atoms with Gasteiger partial charge in [0.1, 0.15) is 10.0 Å². The van der Waals surface area contributed by atoms with E-state index in [4.69, 9.17) is 0 Å². The Morgan fingerprint density at radius 2 is 1.58 bits per heavy atom. The predicted octanol–water partition coefficient (Wildman–Crippen LogP) is 4.93. The lowest BCUT2D eigenvalue weighted by Gasteiger charge is -2.01. The molecule has 2 aromatic carbocycles. The Morgan fingerprint density at radius 3 is 2.32 bits per heavy atom. The number of aromatic nitrogens is 1. The number of benzene rings is 2. The van der Waals surface area contributed by atoms with Crippen LogP contribution in [0.15, 0.2) is 71.1 Å². The number of nitrogens with one attached hydrogen (secondary N) is 1. The second kappa shape index (κ2) is 5.91. The smallest absolute Gasteiger partial charge is 0.128 e. The van der Waals surface area contributed by atoms with Crippen molar-refractivity contribution in [2.24, 2.45) is 0 Å². The molecule has 0 atom stereocenters. The topological polar surface area (TPSA) is 24.9 Å². The lowest BCUT2D eigenvalue weighted by Crippen LogP contribution is -1.85. The largest absolute Gasteiger partial charge is 0.324 e. The van der Waals surface area contributed by atoms with Gasteiger partial charge in [0.2, 0.25) is 0 Å². The fourth-order valence-corrected chi connectivity index (χ4v) is 3.21. The zero-order valence-electron chi connectivity index (χ0n) is 10.1. The molecule has 94 valence electrons. The number of hydrogen-bond acceptors (Lipinski definition) is 4. The van der Waals surface area contributed by atoms with Crippen LogP contribution in [0.25, 0.3) is 10.6 Å². The zero-order chi connectivity index (χ0) is 12.9. The van der Waals surface area contributed by atoms with Crippen LogP contribution in [0.3, 0.4) is 0 Å². The van der Waals surface area contributed by atoms with Gasteiger partial charge < -0.3 is 4.72 Å². The first-order valence-electron chi connectivity index (χ1n) is 5.91. The number of thiazole rings is 1. The van der Waals surface area contributed by atoms with E-state index in [-0.39, 0.29) is 0 Å². The molecule has 4 heteroatoms. The molecule has 19 heavy (non-hydrogen) atoms. The van der Waals surface area contributed by atoms with Gasteiger partial charge in [0.15, 0.2) is 0 Å². The summed E-state index contributed by atoms with van der Waals surface area (Å²) in [6.45, 7) is 0. The highest BCUT2D eigenvalue weighted by Gasteiger charge is 2.04. The van der Waals surface area contributed by atoms with Crippen molar-refractivity contribution < 1.29 is 0 Å². The van der Waals surface area contributed by atoms with Crippen LogP contribution in [-0.2, 0) is 0 Å². The second-order valence-corrected chi connectivity index (χ2v) is 5.61. The van der Waals surface area contributed by atoms with E-state index in [1.807, 2.05) is 48.5 Å². The summed E-state index contributed by atoms with van der Waals surface area (Å²) < 4.78 is 3.29. The Balaban J connectivity index is 1.69. The van der Waals surface area contributed by atoms with Gasteiger partial charge in [0.25, 0.3) is 0 Å². The van der Waals surface area contributed by atoms with Crippen LogP contribution in [0.5, 0.6) is 0 Å². The molecule has 1 N–H and O–H groups in total. The molecule has 2 nitrogen and oxygen atoms in total. The van der Waals surface area contributed by atoms with Gasteiger partial charge in [-0.25, -0.2) is 4.98 Å². The molecular formula is C15H12N2S2. The molecule has 1 aromatic heterocycles. The third-order valence-corrected chi connectivity index (χ3v) is 4.35. The summed E-state index contributed by atoms with van der Waals surface area (Å²) in [5, 5.41) is 4.12. The van der Waals surface area contributed by atoms with Gasteiger partial charge >= 0.3 is 0 Å². The summed E-state index contributed by atoms with van der Waals surface area (Å²) in [5.41, 5.74) is 2.25. The molecule has 0 spiro atoms. The number of nitrogens with zero attached hydrogens (tertiary/aromatic N) is 1. The SMILES string of the molecule is c1ccc(NSc2csc(-c3ccccc3)n2)cc1. The number of hydrogen-bond donors (Lipinski definition) is 1. The van der Waals surface area contributed by atoms with Gasteiger partial charge in [-0.1, -0.05) is 48.5 Å². The van der Waals surface area contributed by atoms with Crippen LogP contribution < -0.4 is 4.72 Å². The first kappa shape index (κ1) is 12.3. The normalized spacial score (nSPS) is 10.3. The highest BCUT2D eigenvalue weighted by molar-refractivity contribution is 8.00. The molecule has 0 radical (unpaired) electrons. The molecule has 0 bridgehead atoms. The van der Waals surface area contributed by atoms with E-state index >= 15 is 0 Å². The Bertz CT molecular complexity index is 636. The van der Waals surface area contributed by atoms with Crippen LogP contribution >= 0.6 is 23.3 Å². The lowest BCUT2D eigenvalue weighted by molar-refractivity contribution is 1.21. The predicted molar refractivity (Wildman–Crippen MR) is 83.5 cm³/mol. The van der Waals surface area contributed by atoms with E-state index in [9.17, 15) is 0 Å². The fourth-order valence-electron chi connectivity index (χ4n) is 1.64.